The molecular weight excluding hydrogens is 476 g/mol. The minimum atomic E-state index is -0.568. The molecular formula is C28H35BrN2O2. The molecule has 0 saturated carbocycles. The minimum absolute atomic E-state index is 0.0582. The normalized spacial score (nSPS) is 12.4. The molecule has 2 aromatic heterocycles. The zero-order valence-electron chi connectivity index (χ0n) is 21.0. The molecule has 0 fully saturated rings. The largest absolute Gasteiger partial charge is 0.321 e. The van der Waals surface area contributed by atoms with Crippen LogP contribution < -0.4 is 5.32 Å². The van der Waals surface area contributed by atoms with Crippen molar-refractivity contribution in [2.45, 2.75) is 67.7 Å². The van der Waals surface area contributed by atoms with Gasteiger partial charge >= 0.3 is 0 Å². The Kier molecular flexibility index (Phi) is 6.95. The lowest BCUT2D eigenvalue weighted by atomic mass is 9.80. The van der Waals surface area contributed by atoms with Crippen LogP contribution in [0.4, 0.5) is 5.69 Å². The Labute approximate surface area is 205 Å². The number of carbonyl (C=O) groups excluding carboxylic acids is 2. The van der Waals surface area contributed by atoms with Gasteiger partial charge in [0.1, 0.15) is 5.69 Å². The molecule has 0 radical (unpaired) electrons. The van der Waals surface area contributed by atoms with Gasteiger partial charge in [0.15, 0.2) is 5.78 Å². The summed E-state index contributed by atoms with van der Waals surface area (Å²) in [5.41, 5.74) is 4.01. The molecule has 0 unspecified atom stereocenters. The summed E-state index contributed by atoms with van der Waals surface area (Å²) < 4.78 is 2.85. The van der Waals surface area contributed by atoms with Crippen molar-refractivity contribution < 1.29 is 9.59 Å². The lowest BCUT2D eigenvalue weighted by Gasteiger charge is -2.22. The number of aromatic nitrogens is 1. The molecule has 1 aromatic carbocycles. The summed E-state index contributed by atoms with van der Waals surface area (Å²) in [5.74, 6) is 0.160. The van der Waals surface area contributed by atoms with E-state index in [0.29, 0.717) is 29.3 Å². The number of hydrogen-bond donors (Lipinski definition) is 1. The van der Waals surface area contributed by atoms with E-state index >= 15 is 0 Å². The molecule has 33 heavy (non-hydrogen) atoms. The molecule has 0 atom stereocenters. The van der Waals surface area contributed by atoms with Gasteiger partial charge in [-0.2, -0.15) is 0 Å². The average molecular weight is 512 g/mol. The highest BCUT2D eigenvalue weighted by Gasteiger charge is 2.34. The van der Waals surface area contributed by atoms with E-state index in [0.717, 1.165) is 21.1 Å². The number of carbonyl (C=O) groups is 2. The van der Waals surface area contributed by atoms with E-state index in [1.54, 1.807) is 0 Å². The average Bonchev–Trinajstić information content (AvgIpc) is 2.99. The second kappa shape index (κ2) is 9.09. The van der Waals surface area contributed by atoms with E-state index in [4.69, 9.17) is 0 Å². The number of rotatable bonds is 5. The van der Waals surface area contributed by atoms with Crippen LogP contribution in [-0.2, 0) is 6.42 Å². The monoisotopic (exact) mass is 510 g/mol. The van der Waals surface area contributed by atoms with Gasteiger partial charge < -0.3 is 9.72 Å². The van der Waals surface area contributed by atoms with Crippen LogP contribution in [0.15, 0.2) is 47.1 Å². The standard InChI is InChI=1S/C28H35BrN2O2/c1-17(2)18-13-14-31-22(15-18)23(25(32)28(6,7)8)21(16-27(3,4)5)24(31)26(33)30-20-11-9-19(29)10-12-20/h9-15,17H,16H2,1-8H3,(H,30,33). The van der Waals surface area contributed by atoms with Crippen LogP contribution in [0.3, 0.4) is 0 Å². The molecule has 0 spiro atoms. The molecule has 3 aromatic rings. The fourth-order valence-electron chi connectivity index (χ4n) is 3.98. The van der Waals surface area contributed by atoms with Gasteiger partial charge in [-0.05, 0) is 65.3 Å². The molecule has 3 rings (SSSR count). The van der Waals surface area contributed by atoms with Gasteiger partial charge in [0.05, 0.1) is 5.52 Å². The molecule has 0 aliphatic carbocycles. The summed E-state index contributed by atoms with van der Waals surface area (Å²) in [7, 11) is 0. The third kappa shape index (κ3) is 5.57. The number of ketones is 1. The molecule has 0 saturated heterocycles. The quantitative estimate of drug-likeness (QED) is 0.354. The van der Waals surface area contributed by atoms with E-state index in [1.807, 2.05) is 61.7 Å². The molecule has 176 valence electrons. The highest BCUT2D eigenvalue weighted by molar-refractivity contribution is 9.10. The number of nitrogens with one attached hydrogen (secondary N) is 1. The van der Waals surface area contributed by atoms with Gasteiger partial charge in [-0.3, -0.25) is 9.59 Å². The Morgan fingerprint density at radius 2 is 1.61 bits per heavy atom. The number of halogens is 1. The molecule has 0 aliphatic heterocycles. The number of pyridine rings is 1. The number of nitrogens with zero attached hydrogens (tertiary/aromatic N) is 1. The van der Waals surface area contributed by atoms with Crippen LogP contribution in [0.1, 0.15) is 93.3 Å². The van der Waals surface area contributed by atoms with Crippen LogP contribution >= 0.6 is 15.9 Å². The van der Waals surface area contributed by atoms with Gasteiger partial charge in [0.2, 0.25) is 0 Å². The number of amides is 1. The van der Waals surface area contributed by atoms with Gasteiger partial charge in [0, 0.05) is 27.3 Å². The second-order valence-corrected chi connectivity index (χ2v) is 12.3. The number of fused-ring (bicyclic) bond motifs is 1. The lowest BCUT2D eigenvalue weighted by molar-refractivity contribution is 0.0859. The Morgan fingerprint density at radius 3 is 2.12 bits per heavy atom. The fourth-order valence-corrected chi connectivity index (χ4v) is 4.25. The summed E-state index contributed by atoms with van der Waals surface area (Å²) in [6, 6.07) is 11.6. The topological polar surface area (TPSA) is 50.6 Å². The maximum atomic E-state index is 13.7. The third-order valence-electron chi connectivity index (χ3n) is 5.66. The number of anilines is 1. The lowest BCUT2D eigenvalue weighted by Crippen LogP contribution is -2.24. The predicted octanol–water partition coefficient (Wildman–Crippen LogP) is 7.89. The molecule has 4 nitrogen and oxygen atoms in total. The summed E-state index contributed by atoms with van der Waals surface area (Å²) in [6.07, 6.45) is 2.55. The van der Waals surface area contributed by atoms with Gasteiger partial charge in [-0.25, -0.2) is 0 Å². The number of hydrogen-bond acceptors (Lipinski definition) is 2. The molecule has 5 heteroatoms. The Bertz CT molecular complexity index is 1190. The molecule has 0 bridgehead atoms. The first-order valence-corrected chi connectivity index (χ1v) is 12.3. The van der Waals surface area contributed by atoms with Crippen molar-refractivity contribution in [3.63, 3.8) is 0 Å². The van der Waals surface area contributed by atoms with E-state index in [-0.39, 0.29) is 17.1 Å². The Morgan fingerprint density at radius 1 is 1.00 bits per heavy atom. The fraction of sp³-hybridized carbons (Fsp3) is 0.429. The third-order valence-corrected chi connectivity index (χ3v) is 6.19. The van der Waals surface area contributed by atoms with Crippen LogP contribution in [0.5, 0.6) is 0 Å². The van der Waals surface area contributed by atoms with Gasteiger partial charge in [-0.15, -0.1) is 0 Å². The van der Waals surface area contributed by atoms with Crippen molar-refractivity contribution in [2.75, 3.05) is 5.32 Å². The highest BCUT2D eigenvalue weighted by Crippen LogP contribution is 2.36. The van der Waals surface area contributed by atoms with Crippen molar-refractivity contribution in [3.05, 3.63) is 69.5 Å². The van der Waals surface area contributed by atoms with Crippen molar-refractivity contribution in [3.8, 4) is 0 Å². The van der Waals surface area contributed by atoms with Crippen molar-refractivity contribution >= 4 is 38.8 Å². The zero-order valence-corrected chi connectivity index (χ0v) is 22.6. The molecule has 2 heterocycles. The van der Waals surface area contributed by atoms with Crippen LogP contribution in [0, 0.1) is 10.8 Å². The minimum Gasteiger partial charge on any atom is -0.321 e. The van der Waals surface area contributed by atoms with Crippen molar-refractivity contribution in [2.24, 2.45) is 10.8 Å². The predicted molar refractivity (Wildman–Crippen MR) is 141 cm³/mol. The van der Waals surface area contributed by atoms with Gasteiger partial charge in [-0.1, -0.05) is 71.3 Å². The van der Waals surface area contributed by atoms with Crippen LogP contribution in [-0.4, -0.2) is 16.1 Å². The second-order valence-electron chi connectivity index (χ2n) is 11.3. The summed E-state index contributed by atoms with van der Waals surface area (Å²) in [6.45, 7) is 16.5. The smallest absolute Gasteiger partial charge is 0.272 e. The number of Topliss-reactive ketones (excluding diaryl/α,β-unsaturated/α-hetero) is 1. The van der Waals surface area contributed by atoms with Crippen molar-refractivity contribution in [1.82, 2.24) is 4.40 Å². The molecule has 0 aliphatic rings. The first kappa shape index (κ1) is 25.2. The van der Waals surface area contributed by atoms with E-state index in [1.165, 1.54) is 0 Å². The Balaban J connectivity index is 2.31. The SMILES string of the molecule is CC(C)c1ccn2c(C(=O)Nc3ccc(Br)cc3)c(CC(C)(C)C)c(C(=O)C(C)(C)C)c2c1. The van der Waals surface area contributed by atoms with Gasteiger partial charge in [0.25, 0.3) is 5.91 Å². The molecule has 1 N–H and O–H groups in total. The first-order chi connectivity index (χ1) is 15.2. The summed E-state index contributed by atoms with van der Waals surface area (Å²) in [4.78, 5) is 27.4. The molecule has 1 amide bonds. The Hall–Kier alpha value is -2.40. The maximum Gasteiger partial charge on any atom is 0.272 e. The van der Waals surface area contributed by atoms with Crippen LogP contribution in [0.25, 0.3) is 5.52 Å². The number of benzene rings is 1. The van der Waals surface area contributed by atoms with E-state index < -0.39 is 5.41 Å². The summed E-state index contributed by atoms with van der Waals surface area (Å²) in [5, 5.41) is 3.04. The maximum absolute atomic E-state index is 13.7. The van der Waals surface area contributed by atoms with E-state index in [9.17, 15) is 9.59 Å². The highest BCUT2D eigenvalue weighted by atomic mass is 79.9. The summed E-state index contributed by atoms with van der Waals surface area (Å²) >= 11 is 3.44. The first-order valence-electron chi connectivity index (χ1n) is 11.5. The zero-order chi connectivity index (χ0) is 24.7. The van der Waals surface area contributed by atoms with Crippen LogP contribution in [0.2, 0.25) is 0 Å². The van der Waals surface area contributed by atoms with E-state index in [2.05, 4.69) is 61.9 Å². The van der Waals surface area contributed by atoms with Crippen molar-refractivity contribution in [1.29, 1.82) is 0 Å².